The van der Waals surface area contributed by atoms with Crippen LogP contribution >= 0.6 is 11.6 Å². The maximum absolute atomic E-state index is 5.93. The van der Waals surface area contributed by atoms with Crippen molar-refractivity contribution < 1.29 is 0 Å². The molecule has 1 heteroatoms. The molecule has 1 aliphatic carbocycles. The summed E-state index contributed by atoms with van der Waals surface area (Å²) in [4.78, 5) is -0.116. The van der Waals surface area contributed by atoms with E-state index in [9.17, 15) is 0 Å². The first-order chi connectivity index (χ1) is 3.71. The molecule has 0 aliphatic heterocycles. The molecule has 0 saturated heterocycles. The van der Waals surface area contributed by atoms with Gasteiger partial charge in [-0.1, -0.05) is 24.3 Å². The molecule has 1 atom stereocenters. The van der Waals surface area contributed by atoms with Gasteiger partial charge in [-0.2, -0.15) is 0 Å². The Morgan fingerprint density at radius 1 is 1.50 bits per heavy atom. The first-order valence-electron chi connectivity index (χ1n) is 2.74. The van der Waals surface area contributed by atoms with Crippen LogP contribution in [0.5, 0.6) is 0 Å². The largest absolute Gasteiger partial charge is 0.115 e. The minimum Gasteiger partial charge on any atom is -0.115 e. The molecule has 0 aromatic rings. The normalized spacial score (nSPS) is 35.8. The van der Waals surface area contributed by atoms with Crippen LogP contribution in [0.2, 0.25) is 0 Å². The fourth-order valence-electron chi connectivity index (χ4n) is 0.701. The Morgan fingerprint density at radius 3 is 2.50 bits per heavy atom. The third-order valence-electron chi connectivity index (χ3n) is 1.21. The number of hydrogen-bond donors (Lipinski definition) is 0. The van der Waals surface area contributed by atoms with Crippen LogP contribution in [-0.4, -0.2) is 4.87 Å². The second kappa shape index (κ2) is 1.94. The van der Waals surface area contributed by atoms with Gasteiger partial charge in [0.2, 0.25) is 0 Å². The van der Waals surface area contributed by atoms with Gasteiger partial charge in [0.1, 0.15) is 0 Å². The van der Waals surface area contributed by atoms with E-state index in [1.165, 1.54) is 0 Å². The Balaban J connectivity index is 2.65. The highest BCUT2D eigenvalue weighted by Crippen LogP contribution is 2.23. The Bertz CT molecular complexity index is 131. The van der Waals surface area contributed by atoms with E-state index in [1.54, 1.807) is 0 Å². The number of hydrogen-bond acceptors (Lipinski definition) is 0. The van der Waals surface area contributed by atoms with Crippen LogP contribution in [0.25, 0.3) is 0 Å². The van der Waals surface area contributed by atoms with Crippen molar-refractivity contribution >= 4 is 11.6 Å². The SMILES string of the molecule is CC1(Cl)C=CC=CC1. The summed E-state index contributed by atoms with van der Waals surface area (Å²) in [6, 6.07) is 0. The zero-order valence-electron chi connectivity index (χ0n) is 4.89. The second-order valence-corrected chi connectivity index (χ2v) is 3.13. The molecular weight excluding hydrogens is 120 g/mol. The van der Waals surface area contributed by atoms with Crippen molar-refractivity contribution in [1.82, 2.24) is 0 Å². The number of alkyl halides is 1. The fourth-order valence-corrected chi connectivity index (χ4v) is 0.863. The Hall–Kier alpha value is -0.230. The zero-order valence-corrected chi connectivity index (χ0v) is 5.65. The molecule has 0 bridgehead atoms. The maximum atomic E-state index is 5.93. The molecule has 0 saturated carbocycles. The van der Waals surface area contributed by atoms with Crippen molar-refractivity contribution in [2.24, 2.45) is 0 Å². The Labute approximate surface area is 54.8 Å². The molecule has 1 unspecified atom stereocenters. The average molecular weight is 129 g/mol. The van der Waals surface area contributed by atoms with Crippen molar-refractivity contribution in [3.63, 3.8) is 0 Å². The van der Waals surface area contributed by atoms with Gasteiger partial charge in [0.25, 0.3) is 0 Å². The lowest BCUT2D eigenvalue weighted by molar-refractivity contribution is 0.783. The van der Waals surface area contributed by atoms with E-state index in [1.807, 2.05) is 25.2 Å². The molecule has 0 N–H and O–H groups in total. The van der Waals surface area contributed by atoms with Crippen molar-refractivity contribution in [2.75, 3.05) is 0 Å². The third-order valence-corrected chi connectivity index (χ3v) is 1.49. The van der Waals surface area contributed by atoms with Gasteiger partial charge < -0.3 is 0 Å². The molecule has 0 aromatic heterocycles. The summed E-state index contributed by atoms with van der Waals surface area (Å²) >= 11 is 5.93. The first kappa shape index (κ1) is 5.90. The van der Waals surface area contributed by atoms with Crippen LogP contribution in [-0.2, 0) is 0 Å². The summed E-state index contributed by atoms with van der Waals surface area (Å²) in [6.45, 7) is 2.01. The van der Waals surface area contributed by atoms with Crippen LogP contribution < -0.4 is 0 Å². The standard InChI is InChI=1S/C7H9Cl/c1-7(8)5-3-2-4-6-7/h2-5H,6H2,1H3. The summed E-state index contributed by atoms with van der Waals surface area (Å²) in [5.41, 5.74) is 0. The van der Waals surface area contributed by atoms with Gasteiger partial charge >= 0.3 is 0 Å². The second-order valence-electron chi connectivity index (χ2n) is 2.27. The van der Waals surface area contributed by atoms with Crippen molar-refractivity contribution in [1.29, 1.82) is 0 Å². The molecule has 44 valence electrons. The Morgan fingerprint density at radius 2 is 2.25 bits per heavy atom. The molecule has 0 heterocycles. The van der Waals surface area contributed by atoms with Gasteiger partial charge in [-0.25, -0.2) is 0 Å². The van der Waals surface area contributed by atoms with Crippen LogP contribution in [0.1, 0.15) is 13.3 Å². The van der Waals surface area contributed by atoms with Gasteiger partial charge in [0, 0.05) is 0 Å². The van der Waals surface area contributed by atoms with Crippen LogP contribution in [0.4, 0.5) is 0 Å². The van der Waals surface area contributed by atoms with E-state index in [0.29, 0.717) is 0 Å². The molecular formula is C7H9Cl. The van der Waals surface area contributed by atoms with Gasteiger partial charge in [0.15, 0.2) is 0 Å². The lowest BCUT2D eigenvalue weighted by Gasteiger charge is -2.16. The van der Waals surface area contributed by atoms with Gasteiger partial charge in [-0.3, -0.25) is 0 Å². The summed E-state index contributed by atoms with van der Waals surface area (Å²) in [7, 11) is 0. The maximum Gasteiger partial charge on any atom is 0.0635 e. The summed E-state index contributed by atoms with van der Waals surface area (Å²) < 4.78 is 0. The predicted octanol–water partition coefficient (Wildman–Crippen LogP) is 2.50. The number of rotatable bonds is 0. The molecule has 0 spiro atoms. The third kappa shape index (κ3) is 1.38. The van der Waals surface area contributed by atoms with Crippen molar-refractivity contribution in [2.45, 2.75) is 18.2 Å². The highest BCUT2D eigenvalue weighted by atomic mass is 35.5. The van der Waals surface area contributed by atoms with Gasteiger partial charge in [-0.05, 0) is 13.3 Å². The smallest absolute Gasteiger partial charge is 0.0635 e. The monoisotopic (exact) mass is 128 g/mol. The van der Waals surface area contributed by atoms with E-state index in [-0.39, 0.29) is 4.87 Å². The van der Waals surface area contributed by atoms with Crippen LogP contribution in [0.3, 0.4) is 0 Å². The Kier molecular flexibility index (Phi) is 1.43. The lowest BCUT2D eigenvalue weighted by Crippen LogP contribution is -2.11. The summed E-state index contributed by atoms with van der Waals surface area (Å²) in [6.07, 6.45) is 9.03. The topological polar surface area (TPSA) is 0 Å². The minimum absolute atomic E-state index is 0.116. The molecule has 8 heavy (non-hydrogen) atoms. The van der Waals surface area contributed by atoms with E-state index in [2.05, 4.69) is 6.08 Å². The molecule has 1 rings (SSSR count). The lowest BCUT2D eigenvalue weighted by atomic mass is 10.0. The van der Waals surface area contributed by atoms with E-state index in [0.717, 1.165) is 6.42 Å². The molecule has 0 radical (unpaired) electrons. The van der Waals surface area contributed by atoms with Crippen molar-refractivity contribution in [3.8, 4) is 0 Å². The van der Waals surface area contributed by atoms with Crippen molar-refractivity contribution in [3.05, 3.63) is 24.3 Å². The van der Waals surface area contributed by atoms with E-state index in [4.69, 9.17) is 11.6 Å². The molecule has 0 fully saturated rings. The highest BCUT2D eigenvalue weighted by molar-refractivity contribution is 6.25. The molecule has 0 aromatic carbocycles. The molecule has 0 nitrogen and oxygen atoms in total. The zero-order chi connectivity index (χ0) is 6.04. The summed E-state index contributed by atoms with van der Waals surface area (Å²) in [5, 5.41) is 0. The van der Waals surface area contributed by atoms with Crippen LogP contribution in [0.15, 0.2) is 24.3 Å². The fraction of sp³-hybridized carbons (Fsp3) is 0.429. The predicted molar refractivity (Wildman–Crippen MR) is 37.2 cm³/mol. The molecule has 0 amide bonds. The minimum atomic E-state index is -0.116. The first-order valence-corrected chi connectivity index (χ1v) is 3.12. The highest BCUT2D eigenvalue weighted by Gasteiger charge is 2.15. The molecule has 1 aliphatic rings. The number of allylic oxidation sites excluding steroid dienone is 4. The van der Waals surface area contributed by atoms with Gasteiger partial charge in [-0.15, -0.1) is 11.6 Å². The quantitative estimate of drug-likeness (QED) is 0.440. The number of halogens is 1. The van der Waals surface area contributed by atoms with Crippen LogP contribution in [0, 0.1) is 0 Å². The average Bonchev–Trinajstić information content (AvgIpc) is 1.65. The van der Waals surface area contributed by atoms with E-state index < -0.39 is 0 Å². The summed E-state index contributed by atoms with van der Waals surface area (Å²) in [5.74, 6) is 0. The van der Waals surface area contributed by atoms with E-state index >= 15 is 0 Å². The van der Waals surface area contributed by atoms with Gasteiger partial charge in [0.05, 0.1) is 4.87 Å².